The van der Waals surface area contributed by atoms with Gasteiger partial charge in [-0.25, -0.2) is 4.79 Å². The number of urea groups is 1. The van der Waals surface area contributed by atoms with Crippen LogP contribution in [0, 0.1) is 0 Å². The Hall–Kier alpha value is -3.20. The SMILES string of the molecule is CC(C)NC(=O)Nc1ccc(NC(=O)CCc2nnc(-c3ccsc3)o2)cc1. The molecule has 3 rings (SSSR count). The van der Waals surface area contributed by atoms with Crippen molar-refractivity contribution >= 4 is 34.6 Å². The van der Waals surface area contributed by atoms with Gasteiger partial charge in [-0.05, 0) is 49.6 Å². The van der Waals surface area contributed by atoms with Gasteiger partial charge in [0, 0.05) is 41.2 Å². The molecular weight excluding hydrogens is 378 g/mol. The van der Waals surface area contributed by atoms with Crippen molar-refractivity contribution in [2.45, 2.75) is 32.7 Å². The van der Waals surface area contributed by atoms with Crippen LogP contribution in [0.1, 0.15) is 26.2 Å². The fourth-order valence-corrected chi connectivity index (χ4v) is 3.00. The molecule has 146 valence electrons. The number of aryl methyl sites for hydroxylation is 1. The second kappa shape index (κ2) is 9.14. The molecule has 28 heavy (non-hydrogen) atoms. The van der Waals surface area contributed by atoms with Crippen molar-refractivity contribution in [1.29, 1.82) is 0 Å². The summed E-state index contributed by atoms with van der Waals surface area (Å²) in [6.45, 7) is 3.77. The van der Waals surface area contributed by atoms with E-state index >= 15 is 0 Å². The highest BCUT2D eigenvalue weighted by atomic mass is 32.1. The van der Waals surface area contributed by atoms with E-state index in [4.69, 9.17) is 4.42 Å². The molecule has 0 aliphatic rings. The quantitative estimate of drug-likeness (QED) is 0.558. The number of aromatic nitrogens is 2. The minimum atomic E-state index is -0.270. The van der Waals surface area contributed by atoms with Crippen molar-refractivity contribution in [3.05, 3.63) is 47.0 Å². The number of benzene rings is 1. The number of carbonyl (C=O) groups excluding carboxylic acids is 2. The van der Waals surface area contributed by atoms with Crippen LogP contribution in [0.5, 0.6) is 0 Å². The topological polar surface area (TPSA) is 109 Å². The lowest BCUT2D eigenvalue weighted by Crippen LogP contribution is -2.34. The molecule has 0 saturated heterocycles. The van der Waals surface area contributed by atoms with Crippen LogP contribution in [0.15, 0.2) is 45.5 Å². The summed E-state index contributed by atoms with van der Waals surface area (Å²) in [5, 5.41) is 20.1. The van der Waals surface area contributed by atoms with Crippen molar-refractivity contribution in [2.24, 2.45) is 0 Å². The first kappa shape index (κ1) is 19.6. The third-order valence-electron chi connectivity index (χ3n) is 3.65. The summed E-state index contributed by atoms with van der Waals surface area (Å²) < 4.78 is 5.57. The molecule has 0 radical (unpaired) electrons. The summed E-state index contributed by atoms with van der Waals surface area (Å²) in [6.07, 6.45) is 0.583. The molecule has 0 aliphatic carbocycles. The molecule has 3 aromatic rings. The number of nitrogens with one attached hydrogen (secondary N) is 3. The van der Waals surface area contributed by atoms with E-state index in [0.29, 0.717) is 29.6 Å². The first-order valence-corrected chi connectivity index (χ1v) is 9.76. The van der Waals surface area contributed by atoms with Crippen LogP contribution >= 0.6 is 11.3 Å². The summed E-state index contributed by atoms with van der Waals surface area (Å²) in [6, 6.07) is 8.59. The Balaban J connectivity index is 1.46. The lowest BCUT2D eigenvalue weighted by atomic mass is 10.2. The molecule has 2 aromatic heterocycles. The van der Waals surface area contributed by atoms with E-state index in [1.807, 2.05) is 30.7 Å². The van der Waals surface area contributed by atoms with Crippen molar-refractivity contribution < 1.29 is 14.0 Å². The van der Waals surface area contributed by atoms with Gasteiger partial charge in [-0.2, -0.15) is 11.3 Å². The van der Waals surface area contributed by atoms with Gasteiger partial charge in [0.25, 0.3) is 0 Å². The highest BCUT2D eigenvalue weighted by Crippen LogP contribution is 2.21. The van der Waals surface area contributed by atoms with Gasteiger partial charge in [-0.3, -0.25) is 4.79 Å². The Labute approximate surface area is 166 Å². The lowest BCUT2D eigenvalue weighted by molar-refractivity contribution is -0.116. The molecule has 0 unspecified atom stereocenters. The normalized spacial score (nSPS) is 10.7. The second-order valence-corrected chi connectivity index (χ2v) is 7.17. The van der Waals surface area contributed by atoms with Gasteiger partial charge >= 0.3 is 6.03 Å². The maximum atomic E-state index is 12.1. The third kappa shape index (κ3) is 5.65. The minimum absolute atomic E-state index is 0.0544. The maximum absolute atomic E-state index is 12.1. The standard InChI is InChI=1S/C19H21N5O3S/c1-12(2)20-19(26)22-15-5-3-14(4-6-15)21-16(25)7-8-17-23-24-18(27-17)13-9-10-28-11-13/h3-6,9-12H,7-8H2,1-2H3,(H,21,25)(H2,20,22,26). The average Bonchev–Trinajstić information content (AvgIpc) is 3.32. The van der Waals surface area contributed by atoms with E-state index in [-0.39, 0.29) is 24.4 Å². The van der Waals surface area contributed by atoms with Crippen LogP contribution in [0.25, 0.3) is 11.5 Å². The molecule has 1 aromatic carbocycles. The van der Waals surface area contributed by atoms with Crippen LogP contribution in [-0.2, 0) is 11.2 Å². The predicted octanol–water partition coefficient (Wildman–Crippen LogP) is 3.90. The van der Waals surface area contributed by atoms with E-state index in [1.54, 1.807) is 35.6 Å². The predicted molar refractivity (Wildman–Crippen MR) is 108 cm³/mol. The van der Waals surface area contributed by atoms with Gasteiger partial charge < -0.3 is 20.4 Å². The number of amides is 3. The Morgan fingerprint density at radius 1 is 1.07 bits per heavy atom. The zero-order valence-electron chi connectivity index (χ0n) is 15.6. The summed E-state index contributed by atoms with van der Waals surface area (Å²) in [5.41, 5.74) is 2.16. The van der Waals surface area contributed by atoms with E-state index in [1.165, 1.54) is 0 Å². The van der Waals surface area contributed by atoms with Crippen molar-refractivity contribution in [2.75, 3.05) is 10.6 Å². The van der Waals surface area contributed by atoms with Crippen LogP contribution in [0.4, 0.5) is 16.2 Å². The zero-order chi connectivity index (χ0) is 19.9. The summed E-state index contributed by atoms with van der Waals surface area (Å²) in [4.78, 5) is 23.8. The first-order chi connectivity index (χ1) is 13.5. The molecule has 0 spiro atoms. The zero-order valence-corrected chi connectivity index (χ0v) is 16.4. The van der Waals surface area contributed by atoms with Crippen molar-refractivity contribution in [3.8, 4) is 11.5 Å². The second-order valence-electron chi connectivity index (χ2n) is 6.39. The smallest absolute Gasteiger partial charge is 0.319 e. The fraction of sp³-hybridized carbons (Fsp3) is 0.263. The maximum Gasteiger partial charge on any atom is 0.319 e. The third-order valence-corrected chi connectivity index (χ3v) is 4.33. The molecule has 0 atom stereocenters. The Bertz CT molecular complexity index is 919. The molecular formula is C19H21N5O3S. The van der Waals surface area contributed by atoms with Gasteiger partial charge in [0.05, 0.1) is 0 Å². The van der Waals surface area contributed by atoms with Crippen LogP contribution in [0.3, 0.4) is 0 Å². The number of carbonyl (C=O) groups is 2. The number of thiophene rings is 1. The molecule has 3 amide bonds. The van der Waals surface area contributed by atoms with E-state index in [0.717, 1.165) is 5.56 Å². The largest absolute Gasteiger partial charge is 0.421 e. The lowest BCUT2D eigenvalue weighted by Gasteiger charge is -2.10. The number of hydrogen-bond acceptors (Lipinski definition) is 6. The molecule has 0 aliphatic heterocycles. The number of hydrogen-bond donors (Lipinski definition) is 3. The number of anilines is 2. The van der Waals surface area contributed by atoms with Crippen molar-refractivity contribution in [1.82, 2.24) is 15.5 Å². The molecule has 0 fully saturated rings. The molecule has 2 heterocycles. The van der Waals surface area contributed by atoms with Crippen LogP contribution in [-0.4, -0.2) is 28.2 Å². The highest BCUT2D eigenvalue weighted by molar-refractivity contribution is 7.08. The summed E-state index contributed by atoms with van der Waals surface area (Å²) >= 11 is 1.55. The van der Waals surface area contributed by atoms with Crippen LogP contribution in [0.2, 0.25) is 0 Å². The van der Waals surface area contributed by atoms with Gasteiger partial charge in [0.1, 0.15) is 0 Å². The summed E-state index contributed by atoms with van der Waals surface area (Å²) in [5.74, 6) is 0.724. The van der Waals surface area contributed by atoms with Gasteiger partial charge in [-0.15, -0.1) is 10.2 Å². The van der Waals surface area contributed by atoms with Crippen LogP contribution < -0.4 is 16.0 Å². The van der Waals surface area contributed by atoms with E-state index < -0.39 is 0 Å². The van der Waals surface area contributed by atoms with Crippen molar-refractivity contribution in [3.63, 3.8) is 0 Å². The Kier molecular flexibility index (Phi) is 6.38. The van der Waals surface area contributed by atoms with Gasteiger partial charge in [0.15, 0.2) is 0 Å². The monoisotopic (exact) mass is 399 g/mol. The molecule has 9 heteroatoms. The highest BCUT2D eigenvalue weighted by Gasteiger charge is 2.11. The molecule has 0 bridgehead atoms. The first-order valence-electron chi connectivity index (χ1n) is 8.82. The van der Waals surface area contributed by atoms with E-state index in [9.17, 15) is 9.59 Å². The van der Waals surface area contributed by atoms with Gasteiger partial charge in [-0.1, -0.05) is 0 Å². The average molecular weight is 399 g/mol. The molecule has 8 nitrogen and oxygen atoms in total. The van der Waals surface area contributed by atoms with E-state index in [2.05, 4.69) is 26.1 Å². The minimum Gasteiger partial charge on any atom is -0.421 e. The molecule has 0 saturated carbocycles. The Morgan fingerprint density at radius 3 is 2.43 bits per heavy atom. The molecule has 3 N–H and O–H groups in total. The number of nitrogens with zero attached hydrogens (tertiary/aromatic N) is 2. The Morgan fingerprint density at radius 2 is 1.79 bits per heavy atom. The van der Waals surface area contributed by atoms with Gasteiger partial charge in [0.2, 0.25) is 17.7 Å². The fourth-order valence-electron chi connectivity index (χ4n) is 2.37. The number of rotatable bonds is 7. The summed E-state index contributed by atoms with van der Waals surface area (Å²) in [7, 11) is 0.